The average Bonchev–Trinajstić information content (AvgIpc) is 2.52. The van der Waals surface area contributed by atoms with Crippen LogP contribution in [0.5, 0.6) is 5.75 Å². The number of rotatable bonds is 7. The molecule has 24 heavy (non-hydrogen) atoms. The molecule has 0 fully saturated rings. The molecule has 2 aromatic rings. The third-order valence-electron chi connectivity index (χ3n) is 3.22. The number of ether oxygens (including phenoxy) is 1. The second kappa shape index (κ2) is 8.26. The van der Waals surface area contributed by atoms with E-state index in [2.05, 4.69) is 20.5 Å². The van der Waals surface area contributed by atoms with E-state index in [1.165, 1.54) is 0 Å². The summed E-state index contributed by atoms with van der Waals surface area (Å²) < 4.78 is 5.57. The molecule has 1 heterocycles. The molecule has 0 unspecified atom stereocenters. The van der Waals surface area contributed by atoms with E-state index in [9.17, 15) is 4.79 Å². The molecule has 128 valence electrons. The second-order valence-corrected chi connectivity index (χ2v) is 5.56. The molecule has 0 bridgehead atoms. The number of hydrogen-bond acceptors (Lipinski definition) is 6. The fourth-order valence-electron chi connectivity index (χ4n) is 2.14. The van der Waals surface area contributed by atoms with E-state index in [-0.39, 0.29) is 30.6 Å². The van der Waals surface area contributed by atoms with Gasteiger partial charge in [0.2, 0.25) is 5.95 Å². The standard InChI is InChI=1S/C17H22N4O3/c1-11(2)24-14-6-4-13(5-7-14)10-18-21-17-19-12(3)15(8-9-22)16(23)20-17/h4-7,10-11,22H,8-9H2,1-3H3,(H2,19,20,21,23)/b18-10-. The van der Waals surface area contributed by atoms with Crippen LogP contribution in [0.2, 0.25) is 0 Å². The quantitative estimate of drug-likeness (QED) is 0.531. The van der Waals surface area contributed by atoms with Crippen molar-refractivity contribution >= 4 is 12.2 Å². The van der Waals surface area contributed by atoms with E-state index >= 15 is 0 Å². The molecule has 0 saturated heterocycles. The van der Waals surface area contributed by atoms with Crippen molar-refractivity contribution < 1.29 is 9.84 Å². The second-order valence-electron chi connectivity index (χ2n) is 5.56. The molecule has 1 aromatic carbocycles. The summed E-state index contributed by atoms with van der Waals surface area (Å²) in [6, 6.07) is 7.51. The van der Waals surface area contributed by atoms with Crippen molar-refractivity contribution in [3.8, 4) is 5.75 Å². The first-order valence-corrected chi connectivity index (χ1v) is 7.76. The molecule has 0 atom stereocenters. The number of aliphatic hydroxyl groups is 1. The lowest BCUT2D eigenvalue weighted by molar-refractivity contribution is 0.242. The van der Waals surface area contributed by atoms with E-state index in [0.29, 0.717) is 11.3 Å². The Bertz CT molecular complexity index is 751. The Morgan fingerprint density at radius 1 is 1.38 bits per heavy atom. The number of H-pyrrole nitrogens is 1. The van der Waals surface area contributed by atoms with Gasteiger partial charge in [-0.3, -0.25) is 9.78 Å². The lowest BCUT2D eigenvalue weighted by atomic mass is 10.2. The van der Waals surface area contributed by atoms with Crippen LogP contribution < -0.4 is 15.7 Å². The van der Waals surface area contributed by atoms with E-state index in [1.807, 2.05) is 38.1 Å². The fourth-order valence-corrected chi connectivity index (χ4v) is 2.14. The Kier molecular flexibility index (Phi) is 6.08. The lowest BCUT2D eigenvalue weighted by Gasteiger charge is -2.09. The molecule has 7 nitrogen and oxygen atoms in total. The summed E-state index contributed by atoms with van der Waals surface area (Å²) in [7, 11) is 0. The summed E-state index contributed by atoms with van der Waals surface area (Å²) in [5.41, 5.74) is 4.36. The first-order valence-electron chi connectivity index (χ1n) is 7.76. The Morgan fingerprint density at radius 2 is 2.08 bits per heavy atom. The summed E-state index contributed by atoms with van der Waals surface area (Å²) in [4.78, 5) is 18.7. The van der Waals surface area contributed by atoms with Crippen LogP contribution in [0.15, 0.2) is 34.2 Å². The zero-order valence-corrected chi connectivity index (χ0v) is 14.0. The number of hydrogen-bond donors (Lipinski definition) is 3. The number of aryl methyl sites for hydroxylation is 1. The van der Waals surface area contributed by atoms with E-state index in [4.69, 9.17) is 9.84 Å². The number of hydrazone groups is 1. The van der Waals surface area contributed by atoms with Gasteiger partial charge in [0.25, 0.3) is 5.56 Å². The van der Waals surface area contributed by atoms with Crippen LogP contribution >= 0.6 is 0 Å². The minimum atomic E-state index is -0.274. The fraction of sp³-hybridized carbons (Fsp3) is 0.353. The van der Waals surface area contributed by atoms with Crippen molar-refractivity contribution in [1.82, 2.24) is 9.97 Å². The zero-order valence-electron chi connectivity index (χ0n) is 14.0. The van der Waals surface area contributed by atoms with Crippen molar-refractivity contribution in [2.45, 2.75) is 33.3 Å². The number of nitrogens with zero attached hydrogens (tertiary/aromatic N) is 2. The lowest BCUT2D eigenvalue weighted by Crippen LogP contribution is -2.19. The highest BCUT2D eigenvalue weighted by Crippen LogP contribution is 2.12. The Hall–Kier alpha value is -2.67. The molecule has 0 radical (unpaired) electrons. The Labute approximate surface area is 140 Å². The summed E-state index contributed by atoms with van der Waals surface area (Å²) in [6.45, 7) is 5.58. The van der Waals surface area contributed by atoms with Gasteiger partial charge in [-0.05, 0) is 50.6 Å². The number of anilines is 1. The van der Waals surface area contributed by atoms with Crippen LogP contribution in [0.25, 0.3) is 0 Å². The third-order valence-corrected chi connectivity index (χ3v) is 3.22. The summed E-state index contributed by atoms with van der Waals surface area (Å²) in [5, 5.41) is 13.0. The first-order chi connectivity index (χ1) is 11.5. The third kappa shape index (κ3) is 4.92. The molecule has 0 aliphatic heterocycles. The van der Waals surface area contributed by atoms with E-state index < -0.39 is 0 Å². The molecule has 7 heteroatoms. The van der Waals surface area contributed by atoms with Crippen molar-refractivity contribution in [3.63, 3.8) is 0 Å². The number of aliphatic hydroxyl groups excluding tert-OH is 1. The first kappa shape index (κ1) is 17.7. The van der Waals surface area contributed by atoms with Crippen molar-refractivity contribution in [2.75, 3.05) is 12.0 Å². The molecule has 0 amide bonds. The van der Waals surface area contributed by atoms with Gasteiger partial charge in [-0.2, -0.15) is 5.10 Å². The maximum atomic E-state index is 11.9. The number of aromatic amines is 1. The average molecular weight is 330 g/mol. The predicted molar refractivity (Wildman–Crippen MR) is 93.8 cm³/mol. The normalized spacial score (nSPS) is 11.2. The molecule has 3 N–H and O–H groups in total. The van der Waals surface area contributed by atoms with Crippen molar-refractivity contribution in [1.29, 1.82) is 0 Å². The van der Waals surface area contributed by atoms with Gasteiger partial charge in [0.15, 0.2) is 0 Å². The predicted octanol–water partition coefficient (Wildman–Crippen LogP) is 1.85. The number of aromatic nitrogens is 2. The smallest absolute Gasteiger partial charge is 0.255 e. The highest BCUT2D eigenvalue weighted by atomic mass is 16.5. The van der Waals surface area contributed by atoms with Gasteiger partial charge in [0.1, 0.15) is 5.75 Å². The highest BCUT2D eigenvalue weighted by molar-refractivity contribution is 5.80. The van der Waals surface area contributed by atoms with Gasteiger partial charge >= 0.3 is 0 Å². The largest absolute Gasteiger partial charge is 0.491 e. The number of nitrogens with one attached hydrogen (secondary N) is 2. The molecule has 0 aliphatic rings. The van der Waals surface area contributed by atoms with Crippen molar-refractivity contribution in [2.24, 2.45) is 5.10 Å². The van der Waals surface area contributed by atoms with Gasteiger partial charge in [0.05, 0.1) is 18.0 Å². The summed E-state index contributed by atoms with van der Waals surface area (Å²) >= 11 is 0. The van der Waals surface area contributed by atoms with Gasteiger partial charge < -0.3 is 9.84 Å². The monoisotopic (exact) mass is 330 g/mol. The molecular weight excluding hydrogens is 308 g/mol. The zero-order chi connectivity index (χ0) is 17.5. The van der Waals surface area contributed by atoms with E-state index in [1.54, 1.807) is 13.1 Å². The van der Waals surface area contributed by atoms with Crippen LogP contribution in [0.1, 0.15) is 30.7 Å². The molecule has 2 rings (SSSR count). The minimum Gasteiger partial charge on any atom is -0.491 e. The van der Waals surface area contributed by atoms with Crippen LogP contribution in [0.4, 0.5) is 5.95 Å². The molecular formula is C17H22N4O3. The summed E-state index contributed by atoms with van der Waals surface area (Å²) in [6.07, 6.45) is 2.03. The molecule has 0 aliphatic carbocycles. The van der Waals surface area contributed by atoms with Gasteiger partial charge in [-0.25, -0.2) is 10.4 Å². The van der Waals surface area contributed by atoms with Crippen LogP contribution in [-0.4, -0.2) is 34.0 Å². The maximum Gasteiger partial charge on any atom is 0.255 e. The molecule has 1 aromatic heterocycles. The molecule has 0 saturated carbocycles. The highest BCUT2D eigenvalue weighted by Gasteiger charge is 2.06. The topological polar surface area (TPSA) is 99.6 Å². The summed E-state index contributed by atoms with van der Waals surface area (Å²) in [5.74, 6) is 1.06. The van der Waals surface area contributed by atoms with Gasteiger partial charge in [-0.1, -0.05) is 0 Å². The van der Waals surface area contributed by atoms with Gasteiger partial charge in [0, 0.05) is 18.6 Å². The Balaban J connectivity index is 2.02. The van der Waals surface area contributed by atoms with Gasteiger partial charge in [-0.15, -0.1) is 0 Å². The van der Waals surface area contributed by atoms with Crippen LogP contribution in [0.3, 0.4) is 0 Å². The number of benzene rings is 1. The van der Waals surface area contributed by atoms with E-state index in [0.717, 1.165) is 11.3 Å². The Morgan fingerprint density at radius 3 is 2.67 bits per heavy atom. The van der Waals surface area contributed by atoms with Crippen LogP contribution in [0, 0.1) is 6.92 Å². The molecule has 0 spiro atoms. The maximum absolute atomic E-state index is 11.9. The van der Waals surface area contributed by atoms with Crippen LogP contribution in [-0.2, 0) is 6.42 Å². The van der Waals surface area contributed by atoms with Crippen molar-refractivity contribution in [3.05, 3.63) is 51.4 Å². The minimum absolute atomic E-state index is 0.0902. The SMILES string of the molecule is Cc1nc(N/N=C\c2ccc(OC(C)C)cc2)[nH]c(=O)c1CCO.